The lowest BCUT2D eigenvalue weighted by Gasteiger charge is -2.23. The molecule has 0 nitrogen and oxygen atoms in total. The van der Waals surface area contributed by atoms with Crippen LogP contribution in [-0.4, -0.2) is 0 Å². The van der Waals surface area contributed by atoms with E-state index in [0.717, 1.165) is 18.4 Å². The normalized spacial score (nSPS) is 19.9. The summed E-state index contributed by atoms with van der Waals surface area (Å²) in [6, 6.07) is 3.81. The van der Waals surface area contributed by atoms with Crippen LogP contribution >= 0.6 is 0 Å². The van der Waals surface area contributed by atoms with Gasteiger partial charge < -0.3 is 0 Å². The van der Waals surface area contributed by atoms with Crippen molar-refractivity contribution in [3.05, 3.63) is 34.6 Å². The number of hydrogen-bond acceptors (Lipinski definition) is 0. The average molecular weight is 220 g/mol. The van der Waals surface area contributed by atoms with E-state index in [4.69, 9.17) is 0 Å². The zero-order valence-corrected chi connectivity index (χ0v) is 10.7. The van der Waals surface area contributed by atoms with Crippen molar-refractivity contribution >= 4 is 0 Å². The minimum absolute atomic E-state index is 0.0421. The third-order valence-corrected chi connectivity index (χ3v) is 3.48. The van der Waals surface area contributed by atoms with Gasteiger partial charge in [0.2, 0.25) is 0 Å². The van der Waals surface area contributed by atoms with Gasteiger partial charge >= 0.3 is 0 Å². The molecule has 1 atom stereocenters. The predicted molar refractivity (Wildman–Crippen MR) is 66.3 cm³/mol. The summed E-state index contributed by atoms with van der Waals surface area (Å²) < 4.78 is 13.6. The zero-order valence-electron chi connectivity index (χ0n) is 10.7. The second-order valence-corrected chi connectivity index (χ2v) is 6.30. The van der Waals surface area contributed by atoms with Crippen LogP contribution in [-0.2, 0) is 6.42 Å². The van der Waals surface area contributed by atoms with Crippen LogP contribution in [0.2, 0.25) is 0 Å². The highest BCUT2D eigenvalue weighted by Crippen LogP contribution is 2.41. The molecule has 16 heavy (non-hydrogen) atoms. The first kappa shape index (κ1) is 11.6. The molecule has 0 saturated heterocycles. The summed E-state index contributed by atoms with van der Waals surface area (Å²) >= 11 is 0. The van der Waals surface area contributed by atoms with E-state index < -0.39 is 0 Å². The molecule has 0 saturated carbocycles. The number of benzene rings is 1. The Balaban J connectivity index is 2.29. The van der Waals surface area contributed by atoms with Crippen LogP contribution in [0, 0.1) is 18.2 Å². The maximum atomic E-state index is 13.6. The Kier molecular flexibility index (Phi) is 2.81. The van der Waals surface area contributed by atoms with E-state index in [9.17, 15) is 4.39 Å². The van der Waals surface area contributed by atoms with Crippen molar-refractivity contribution in [2.45, 2.75) is 52.9 Å². The van der Waals surface area contributed by atoms with Crippen molar-refractivity contribution in [1.82, 2.24) is 0 Å². The summed E-state index contributed by atoms with van der Waals surface area (Å²) in [5.74, 6) is 0.518. The highest BCUT2D eigenvalue weighted by atomic mass is 19.1. The second kappa shape index (κ2) is 3.87. The molecule has 1 aliphatic rings. The van der Waals surface area contributed by atoms with Crippen molar-refractivity contribution in [2.24, 2.45) is 5.41 Å². The Morgan fingerprint density at radius 3 is 2.62 bits per heavy atom. The number of aryl methyl sites for hydroxylation is 2. The van der Waals surface area contributed by atoms with Crippen LogP contribution in [0.3, 0.4) is 0 Å². The Labute approximate surface area is 97.9 Å². The summed E-state index contributed by atoms with van der Waals surface area (Å²) in [5, 5.41) is 0. The standard InChI is InChI=1S/C15H21F/c1-10-7-11-5-6-12(9-15(2,3)4)13(11)8-14(10)16/h7-8,12H,5-6,9H2,1-4H3. The minimum atomic E-state index is -0.0421. The van der Waals surface area contributed by atoms with Gasteiger partial charge in [-0.2, -0.15) is 0 Å². The molecule has 1 unspecified atom stereocenters. The fraction of sp³-hybridized carbons (Fsp3) is 0.600. The lowest BCUT2D eigenvalue weighted by Crippen LogP contribution is -2.10. The van der Waals surface area contributed by atoms with E-state index in [1.165, 1.54) is 17.5 Å². The molecule has 88 valence electrons. The van der Waals surface area contributed by atoms with E-state index in [2.05, 4.69) is 20.8 Å². The van der Waals surface area contributed by atoms with Crippen molar-refractivity contribution in [2.75, 3.05) is 0 Å². The van der Waals surface area contributed by atoms with Crippen LogP contribution in [0.1, 0.15) is 56.2 Å². The van der Waals surface area contributed by atoms with Gasteiger partial charge in [0.05, 0.1) is 0 Å². The van der Waals surface area contributed by atoms with Crippen molar-refractivity contribution in [1.29, 1.82) is 0 Å². The first-order valence-electron chi connectivity index (χ1n) is 6.16. The van der Waals surface area contributed by atoms with Crippen LogP contribution in [0.5, 0.6) is 0 Å². The Morgan fingerprint density at radius 1 is 1.31 bits per heavy atom. The fourth-order valence-electron chi connectivity index (χ4n) is 2.79. The number of halogens is 1. The van der Waals surface area contributed by atoms with Crippen molar-refractivity contribution < 1.29 is 4.39 Å². The Morgan fingerprint density at radius 2 is 2.00 bits per heavy atom. The van der Waals surface area contributed by atoms with Crippen molar-refractivity contribution in [3.8, 4) is 0 Å². The molecular formula is C15H21F. The molecule has 0 N–H and O–H groups in total. The molecule has 0 fully saturated rings. The first-order chi connectivity index (χ1) is 7.37. The summed E-state index contributed by atoms with van der Waals surface area (Å²) in [5.41, 5.74) is 3.74. The van der Waals surface area contributed by atoms with Crippen LogP contribution in [0.25, 0.3) is 0 Å². The van der Waals surface area contributed by atoms with Gasteiger partial charge in [-0.1, -0.05) is 26.8 Å². The van der Waals surface area contributed by atoms with Crippen LogP contribution < -0.4 is 0 Å². The lowest BCUT2D eigenvalue weighted by atomic mass is 9.82. The maximum Gasteiger partial charge on any atom is 0.126 e. The molecule has 1 aliphatic carbocycles. The monoisotopic (exact) mass is 220 g/mol. The van der Waals surface area contributed by atoms with Gasteiger partial charge in [-0.3, -0.25) is 0 Å². The molecule has 1 aromatic rings. The Hall–Kier alpha value is -0.850. The SMILES string of the molecule is Cc1cc2c(cc1F)C(CC(C)(C)C)CC2. The molecule has 0 heterocycles. The predicted octanol–water partition coefficient (Wildman–Crippen LogP) is 4.60. The molecular weight excluding hydrogens is 199 g/mol. The maximum absolute atomic E-state index is 13.6. The van der Waals surface area contributed by atoms with E-state index in [1.807, 2.05) is 13.0 Å². The van der Waals surface area contributed by atoms with E-state index in [1.54, 1.807) is 6.07 Å². The van der Waals surface area contributed by atoms with Gasteiger partial charge in [0.15, 0.2) is 0 Å². The summed E-state index contributed by atoms with van der Waals surface area (Å²) in [6.45, 7) is 8.63. The minimum Gasteiger partial charge on any atom is -0.207 e. The smallest absolute Gasteiger partial charge is 0.126 e. The van der Waals surface area contributed by atoms with Crippen LogP contribution in [0.15, 0.2) is 12.1 Å². The molecule has 1 aromatic carbocycles. The van der Waals surface area contributed by atoms with Gasteiger partial charge in [0, 0.05) is 0 Å². The van der Waals surface area contributed by atoms with E-state index in [-0.39, 0.29) is 5.82 Å². The van der Waals surface area contributed by atoms with Crippen LogP contribution in [0.4, 0.5) is 4.39 Å². The third-order valence-electron chi connectivity index (χ3n) is 3.48. The molecule has 0 amide bonds. The second-order valence-electron chi connectivity index (χ2n) is 6.30. The lowest BCUT2D eigenvalue weighted by molar-refractivity contribution is 0.338. The number of hydrogen-bond donors (Lipinski definition) is 0. The van der Waals surface area contributed by atoms with Gasteiger partial charge in [-0.05, 0) is 60.3 Å². The fourth-order valence-corrected chi connectivity index (χ4v) is 2.79. The highest BCUT2D eigenvalue weighted by Gasteiger charge is 2.27. The summed E-state index contributed by atoms with van der Waals surface area (Å²) in [7, 11) is 0. The Bertz CT molecular complexity index is 399. The molecule has 0 bridgehead atoms. The van der Waals surface area contributed by atoms with E-state index in [0.29, 0.717) is 11.3 Å². The van der Waals surface area contributed by atoms with Gasteiger partial charge in [-0.25, -0.2) is 4.39 Å². The summed E-state index contributed by atoms with van der Waals surface area (Å²) in [4.78, 5) is 0. The van der Waals surface area contributed by atoms with Gasteiger partial charge in [-0.15, -0.1) is 0 Å². The molecule has 0 radical (unpaired) electrons. The zero-order chi connectivity index (χ0) is 11.9. The average Bonchev–Trinajstić information content (AvgIpc) is 2.47. The number of rotatable bonds is 1. The molecule has 0 spiro atoms. The topological polar surface area (TPSA) is 0 Å². The highest BCUT2D eigenvalue weighted by molar-refractivity contribution is 5.38. The van der Waals surface area contributed by atoms with Gasteiger partial charge in [0.1, 0.15) is 5.82 Å². The van der Waals surface area contributed by atoms with Crippen molar-refractivity contribution in [3.63, 3.8) is 0 Å². The molecule has 2 rings (SSSR count). The number of fused-ring (bicyclic) bond motifs is 1. The molecule has 0 aromatic heterocycles. The van der Waals surface area contributed by atoms with Gasteiger partial charge in [0.25, 0.3) is 0 Å². The quantitative estimate of drug-likeness (QED) is 0.649. The molecule has 1 heteroatoms. The first-order valence-corrected chi connectivity index (χ1v) is 6.16. The summed E-state index contributed by atoms with van der Waals surface area (Å²) in [6.07, 6.45) is 3.47. The molecule has 0 aliphatic heterocycles. The third kappa shape index (κ3) is 2.28. The van der Waals surface area contributed by atoms with E-state index >= 15 is 0 Å². The largest absolute Gasteiger partial charge is 0.207 e.